The van der Waals surface area contributed by atoms with E-state index in [0.717, 1.165) is 29.2 Å². The summed E-state index contributed by atoms with van der Waals surface area (Å²) in [5, 5.41) is 0. The number of carbonyl (C=O) groups excluding carboxylic acids is 1. The number of carbonyl (C=O) groups is 1. The monoisotopic (exact) mass is 324 g/mol. The minimum Gasteiger partial charge on any atom is -0.486 e. The molecule has 2 aromatic rings. The molecule has 1 aromatic heterocycles. The summed E-state index contributed by atoms with van der Waals surface area (Å²) in [4.78, 5) is 18.7. The van der Waals surface area contributed by atoms with Crippen molar-refractivity contribution in [2.45, 2.75) is 18.9 Å². The Labute approximate surface area is 141 Å². The van der Waals surface area contributed by atoms with Crippen LogP contribution in [0.4, 0.5) is 0 Å². The maximum Gasteiger partial charge on any atom is 0.226 e. The lowest BCUT2D eigenvalue weighted by Gasteiger charge is -2.19. The van der Waals surface area contributed by atoms with E-state index >= 15 is 0 Å². The average molecular weight is 324 g/mol. The minimum absolute atomic E-state index is 0.0567. The Morgan fingerprint density at radius 2 is 2.04 bits per heavy atom. The van der Waals surface area contributed by atoms with Gasteiger partial charge in [0.15, 0.2) is 11.5 Å². The van der Waals surface area contributed by atoms with Gasteiger partial charge < -0.3 is 14.4 Å². The Balaban J connectivity index is 1.41. The summed E-state index contributed by atoms with van der Waals surface area (Å²) in [6.07, 6.45) is 2.65. The lowest BCUT2D eigenvalue weighted by Crippen LogP contribution is -2.28. The largest absolute Gasteiger partial charge is 0.486 e. The van der Waals surface area contributed by atoms with Crippen LogP contribution in [0.5, 0.6) is 11.5 Å². The summed E-state index contributed by atoms with van der Waals surface area (Å²) in [7, 11) is 1.84. The summed E-state index contributed by atoms with van der Waals surface area (Å²) in [6.45, 7) is 1.72. The number of nitrogens with zero attached hydrogens (tertiary/aromatic N) is 2. The topological polar surface area (TPSA) is 51.7 Å². The van der Waals surface area contributed by atoms with E-state index in [2.05, 4.69) is 4.98 Å². The first-order valence-electron chi connectivity index (χ1n) is 8.27. The van der Waals surface area contributed by atoms with Gasteiger partial charge in [-0.3, -0.25) is 9.78 Å². The van der Waals surface area contributed by atoms with E-state index in [1.54, 1.807) is 11.1 Å². The lowest BCUT2D eigenvalue weighted by molar-refractivity contribution is -0.131. The van der Waals surface area contributed by atoms with Gasteiger partial charge in [0.2, 0.25) is 5.91 Å². The van der Waals surface area contributed by atoms with Crippen molar-refractivity contribution in [3.8, 4) is 11.5 Å². The van der Waals surface area contributed by atoms with Crippen molar-refractivity contribution in [2.75, 3.05) is 20.3 Å². The van der Waals surface area contributed by atoms with Crippen LogP contribution in [0.2, 0.25) is 0 Å². The summed E-state index contributed by atoms with van der Waals surface area (Å²) < 4.78 is 11.2. The highest BCUT2D eigenvalue weighted by molar-refractivity contribution is 5.82. The van der Waals surface area contributed by atoms with Gasteiger partial charge in [-0.2, -0.15) is 0 Å². The van der Waals surface area contributed by atoms with Crippen LogP contribution in [0.1, 0.15) is 23.6 Å². The molecule has 1 amide bonds. The Morgan fingerprint density at radius 3 is 2.83 bits per heavy atom. The zero-order valence-corrected chi connectivity index (χ0v) is 13.6. The molecule has 5 heteroatoms. The fourth-order valence-corrected chi connectivity index (χ4v) is 3.22. The molecule has 1 aliphatic heterocycles. The molecule has 0 bridgehead atoms. The summed E-state index contributed by atoms with van der Waals surface area (Å²) in [6, 6.07) is 11.8. The second-order valence-electron chi connectivity index (χ2n) is 6.37. The normalized spacial score (nSPS) is 21.2. The van der Waals surface area contributed by atoms with Crippen molar-refractivity contribution >= 4 is 5.91 Å². The van der Waals surface area contributed by atoms with Gasteiger partial charge in [0.25, 0.3) is 0 Å². The molecular formula is C19H20N2O3. The van der Waals surface area contributed by atoms with E-state index in [1.165, 1.54) is 0 Å². The van der Waals surface area contributed by atoms with Crippen molar-refractivity contribution in [1.82, 2.24) is 9.88 Å². The molecule has 0 spiro atoms. The first kappa shape index (κ1) is 15.0. The molecule has 2 heterocycles. The molecule has 4 rings (SSSR count). The number of aromatic nitrogens is 1. The van der Waals surface area contributed by atoms with Crippen LogP contribution >= 0.6 is 0 Å². The van der Waals surface area contributed by atoms with Gasteiger partial charge in [-0.15, -0.1) is 0 Å². The molecule has 1 saturated carbocycles. The Bertz CT molecular complexity index is 748. The Morgan fingerprint density at radius 1 is 1.21 bits per heavy atom. The van der Waals surface area contributed by atoms with E-state index in [0.29, 0.717) is 19.8 Å². The molecule has 2 aliphatic rings. The predicted molar refractivity (Wildman–Crippen MR) is 89.0 cm³/mol. The van der Waals surface area contributed by atoms with Gasteiger partial charge in [-0.05, 0) is 42.2 Å². The third kappa shape index (κ3) is 2.94. The van der Waals surface area contributed by atoms with Crippen LogP contribution in [0.25, 0.3) is 0 Å². The van der Waals surface area contributed by atoms with E-state index in [4.69, 9.17) is 9.47 Å². The minimum atomic E-state index is 0.0567. The third-order valence-electron chi connectivity index (χ3n) is 4.60. The molecular weight excluding hydrogens is 304 g/mol. The average Bonchev–Trinajstić information content (AvgIpc) is 3.42. The number of amides is 1. The van der Waals surface area contributed by atoms with E-state index in [1.807, 2.05) is 43.4 Å². The highest BCUT2D eigenvalue weighted by Gasteiger charge is 2.45. The van der Waals surface area contributed by atoms with Crippen molar-refractivity contribution in [1.29, 1.82) is 0 Å². The summed E-state index contributed by atoms with van der Waals surface area (Å²) >= 11 is 0. The second kappa shape index (κ2) is 6.15. The van der Waals surface area contributed by atoms with Gasteiger partial charge in [0.05, 0.1) is 12.2 Å². The Hall–Kier alpha value is -2.56. The van der Waals surface area contributed by atoms with Crippen LogP contribution in [0, 0.1) is 5.92 Å². The van der Waals surface area contributed by atoms with Crippen LogP contribution in [0.3, 0.4) is 0 Å². The fourth-order valence-electron chi connectivity index (χ4n) is 3.22. The van der Waals surface area contributed by atoms with Crippen LogP contribution in [-0.2, 0) is 11.3 Å². The second-order valence-corrected chi connectivity index (χ2v) is 6.37. The quantitative estimate of drug-likeness (QED) is 0.867. The zero-order chi connectivity index (χ0) is 16.5. The molecule has 0 N–H and O–H groups in total. The van der Waals surface area contributed by atoms with Gasteiger partial charge in [0.1, 0.15) is 13.2 Å². The smallest absolute Gasteiger partial charge is 0.226 e. The molecule has 24 heavy (non-hydrogen) atoms. The predicted octanol–water partition coefficient (Wildman–Crippen LogP) is 2.61. The number of hydrogen-bond acceptors (Lipinski definition) is 4. The van der Waals surface area contributed by atoms with Gasteiger partial charge in [0, 0.05) is 19.2 Å². The van der Waals surface area contributed by atoms with Gasteiger partial charge >= 0.3 is 0 Å². The SMILES string of the molecule is CN(Cc1ccccn1)C(=O)C1CC1c1ccc2c(c1)OCCO2. The number of pyridine rings is 1. The summed E-state index contributed by atoms with van der Waals surface area (Å²) in [5.41, 5.74) is 2.06. The number of benzene rings is 1. The van der Waals surface area contributed by atoms with Crippen LogP contribution < -0.4 is 9.47 Å². The van der Waals surface area contributed by atoms with Crippen molar-refractivity contribution in [3.63, 3.8) is 0 Å². The van der Waals surface area contributed by atoms with Gasteiger partial charge in [-0.25, -0.2) is 0 Å². The first-order chi connectivity index (χ1) is 11.7. The molecule has 0 radical (unpaired) electrons. The van der Waals surface area contributed by atoms with Crippen molar-refractivity contribution in [3.05, 3.63) is 53.9 Å². The van der Waals surface area contributed by atoms with E-state index in [9.17, 15) is 4.79 Å². The number of rotatable bonds is 4. The van der Waals surface area contributed by atoms with Crippen LogP contribution in [-0.4, -0.2) is 36.1 Å². The van der Waals surface area contributed by atoms with Crippen LogP contribution in [0.15, 0.2) is 42.6 Å². The number of ether oxygens (including phenoxy) is 2. The first-order valence-corrected chi connectivity index (χ1v) is 8.27. The maximum absolute atomic E-state index is 12.6. The van der Waals surface area contributed by atoms with Crippen molar-refractivity contribution < 1.29 is 14.3 Å². The summed E-state index contributed by atoms with van der Waals surface area (Å²) in [5.74, 6) is 2.10. The van der Waals surface area contributed by atoms with E-state index in [-0.39, 0.29) is 17.7 Å². The lowest BCUT2D eigenvalue weighted by atomic mass is 10.1. The van der Waals surface area contributed by atoms with E-state index < -0.39 is 0 Å². The molecule has 2 unspecified atom stereocenters. The number of hydrogen-bond donors (Lipinski definition) is 0. The highest BCUT2D eigenvalue weighted by Crippen LogP contribution is 2.50. The Kier molecular flexibility index (Phi) is 3.84. The maximum atomic E-state index is 12.6. The molecule has 1 aromatic carbocycles. The van der Waals surface area contributed by atoms with Gasteiger partial charge in [-0.1, -0.05) is 12.1 Å². The third-order valence-corrected chi connectivity index (χ3v) is 4.60. The molecule has 124 valence electrons. The highest BCUT2D eigenvalue weighted by atomic mass is 16.6. The molecule has 1 aliphatic carbocycles. The van der Waals surface area contributed by atoms with Crippen molar-refractivity contribution in [2.24, 2.45) is 5.92 Å². The number of fused-ring (bicyclic) bond motifs is 1. The molecule has 1 fully saturated rings. The molecule has 0 saturated heterocycles. The molecule has 2 atom stereocenters. The molecule has 5 nitrogen and oxygen atoms in total. The zero-order valence-electron chi connectivity index (χ0n) is 13.6. The standard InChI is InChI=1S/C19H20N2O3/c1-21(12-14-4-2-3-7-20-14)19(22)16-11-15(16)13-5-6-17-18(10-13)24-9-8-23-17/h2-7,10,15-16H,8-9,11-12H2,1H3. The fraction of sp³-hybridized carbons (Fsp3) is 0.368.